The van der Waals surface area contributed by atoms with Crippen LogP contribution in [-0.2, 0) is 20.6 Å². The van der Waals surface area contributed by atoms with Gasteiger partial charge in [-0.25, -0.2) is 8.42 Å². The molecular formula is C13H21ClN2O3S. The first-order valence-electron chi connectivity index (χ1n) is 6.80. The van der Waals surface area contributed by atoms with Crippen molar-refractivity contribution in [1.29, 1.82) is 0 Å². The Morgan fingerprint density at radius 3 is 2.70 bits per heavy atom. The van der Waals surface area contributed by atoms with Crippen LogP contribution in [0.4, 0.5) is 0 Å². The Kier molecular flexibility index (Phi) is 5.12. The van der Waals surface area contributed by atoms with Crippen LogP contribution in [0.25, 0.3) is 0 Å². The van der Waals surface area contributed by atoms with Crippen molar-refractivity contribution in [3.8, 4) is 0 Å². The SMILES string of the molecule is CCN(CCOC)S(=O)(=O)c1cc(CCl)n(C2CC2)c1. The van der Waals surface area contributed by atoms with E-state index in [2.05, 4.69) is 0 Å². The molecule has 1 saturated carbocycles. The molecule has 5 nitrogen and oxygen atoms in total. The lowest BCUT2D eigenvalue weighted by atomic mass is 10.5. The normalized spacial score (nSPS) is 16.0. The Labute approximate surface area is 125 Å². The lowest BCUT2D eigenvalue weighted by Crippen LogP contribution is -2.33. The topological polar surface area (TPSA) is 51.5 Å². The van der Waals surface area contributed by atoms with E-state index in [-0.39, 0.29) is 0 Å². The zero-order chi connectivity index (χ0) is 14.8. The molecule has 0 aromatic carbocycles. The number of halogens is 1. The fourth-order valence-electron chi connectivity index (χ4n) is 2.23. The summed E-state index contributed by atoms with van der Waals surface area (Å²) < 4.78 is 33.6. The van der Waals surface area contributed by atoms with Gasteiger partial charge in [0.2, 0.25) is 10.0 Å². The van der Waals surface area contributed by atoms with Gasteiger partial charge in [0, 0.05) is 38.1 Å². The summed E-state index contributed by atoms with van der Waals surface area (Å²) in [6, 6.07) is 2.11. The van der Waals surface area contributed by atoms with E-state index in [0.29, 0.717) is 36.5 Å². The molecule has 1 aromatic heterocycles. The Hall–Kier alpha value is -0.560. The second-order valence-corrected chi connectivity index (χ2v) is 7.13. The van der Waals surface area contributed by atoms with Gasteiger partial charge in [0.05, 0.1) is 12.5 Å². The van der Waals surface area contributed by atoms with Crippen molar-refractivity contribution in [2.24, 2.45) is 0 Å². The van der Waals surface area contributed by atoms with E-state index < -0.39 is 10.0 Å². The van der Waals surface area contributed by atoms with Crippen LogP contribution in [0.1, 0.15) is 31.5 Å². The maximum Gasteiger partial charge on any atom is 0.244 e. The largest absolute Gasteiger partial charge is 0.383 e. The van der Waals surface area contributed by atoms with E-state index in [9.17, 15) is 8.42 Å². The Balaban J connectivity index is 2.28. The summed E-state index contributed by atoms with van der Waals surface area (Å²) in [4.78, 5) is 0.331. The summed E-state index contributed by atoms with van der Waals surface area (Å²) in [6.45, 7) is 3.00. The molecule has 1 aliphatic rings. The van der Waals surface area contributed by atoms with Crippen molar-refractivity contribution >= 4 is 21.6 Å². The van der Waals surface area contributed by atoms with Crippen LogP contribution < -0.4 is 0 Å². The monoisotopic (exact) mass is 320 g/mol. The molecular weight excluding hydrogens is 300 g/mol. The maximum atomic E-state index is 12.6. The van der Waals surface area contributed by atoms with Crippen LogP contribution >= 0.6 is 11.6 Å². The third-order valence-corrected chi connectivity index (χ3v) is 5.73. The minimum Gasteiger partial charge on any atom is -0.383 e. The smallest absolute Gasteiger partial charge is 0.244 e. The molecule has 0 bridgehead atoms. The number of aromatic nitrogens is 1. The molecule has 0 spiro atoms. The summed E-state index contributed by atoms with van der Waals surface area (Å²) in [7, 11) is -1.90. The van der Waals surface area contributed by atoms with Gasteiger partial charge in [-0.1, -0.05) is 6.92 Å². The standard InChI is InChI=1S/C13H21ClN2O3S/c1-3-15(6-7-19-2)20(17,18)13-8-12(9-14)16(10-13)11-4-5-11/h8,10-11H,3-7,9H2,1-2H3. The zero-order valence-electron chi connectivity index (χ0n) is 11.9. The van der Waals surface area contributed by atoms with Gasteiger partial charge in [-0.2, -0.15) is 4.31 Å². The van der Waals surface area contributed by atoms with Crippen LogP contribution in [0, 0.1) is 0 Å². The van der Waals surface area contributed by atoms with E-state index in [1.807, 2.05) is 11.5 Å². The summed E-state index contributed by atoms with van der Waals surface area (Å²) in [5, 5.41) is 0. The highest BCUT2D eigenvalue weighted by Gasteiger charge is 2.30. The minimum absolute atomic E-state index is 0.330. The highest BCUT2D eigenvalue weighted by molar-refractivity contribution is 7.89. The highest BCUT2D eigenvalue weighted by atomic mass is 35.5. The van der Waals surface area contributed by atoms with E-state index in [4.69, 9.17) is 16.3 Å². The average Bonchev–Trinajstić information content (AvgIpc) is 3.18. The Bertz CT molecular complexity index is 552. The molecule has 0 aliphatic heterocycles. The van der Waals surface area contributed by atoms with Gasteiger partial charge in [0.25, 0.3) is 0 Å². The molecule has 0 saturated heterocycles. The number of ether oxygens (including phenoxy) is 1. The number of methoxy groups -OCH3 is 1. The number of hydrogen-bond acceptors (Lipinski definition) is 3. The van der Waals surface area contributed by atoms with Gasteiger partial charge in [-0.15, -0.1) is 11.6 Å². The number of likely N-dealkylation sites (N-methyl/N-ethyl adjacent to an activating group) is 1. The zero-order valence-corrected chi connectivity index (χ0v) is 13.5. The van der Waals surface area contributed by atoms with Crippen LogP contribution in [-0.4, -0.2) is 44.1 Å². The van der Waals surface area contributed by atoms with Crippen molar-refractivity contribution < 1.29 is 13.2 Å². The van der Waals surface area contributed by atoms with Gasteiger partial charge in [-0.05, 0) is 18.9 Å². The third-order valence-electron chi connectivity index (χ3n) is 3.52. The number of sulfonamides is 1. The molecule has 1 fully saturated rings. The molecule has 7 heteroatoms. The van der Waals surface area contributed by atoms with E-state index in [0.717, 1.165) is 18.5 Å². The average molecular weight is 321 g/mol. The summed E-state index contributed by atoms with van der Waals surface area (Å²) >= 11 is 5.92. The molecule has 0 N–H and O–H groups in total. The number of nitrogens with zero attached hydrogens (tertiary/aromatic N) is 2. The van der Waals surface area contributed by atoms with Crippen molar-refractivity contribution in [1.82, 2.24) is 8.87 Å². The van der Waals surface area contributed by atoms with Gasteiger partial charge < -0.3 is 9.30 Å². The van der Waals surface area contributed by atoms with E-state index >= 15 is 0 Å². The molecule has 2 rings (SSSR count). The predicted molar refractivity (Wildman–Crippen MR) is 78.6 cm³/mol. The van der Waals surface area contributed by atoms with Crippen LogP contribution in [0.2, 0.25) is 0 Å². The lowest BCUT2D eigenvalue weighted by molar-refractivity contribution is 0.180. The molecule has 0 unspecified atom stereocenters. The van der Waals surface area contributed by atoms with Gasteiger partial charge in [0.15, 0.2) is 0 Å². The number of rotatable bonds is 8. The van der Waals surface area contributed by atoms with Crippen LogP contribution in [0.5, 0.6) is 0 Å². The van der Waals surface area contributed by atoms with Gasteiger partial charge in [-0.3, -0.25) is 0 Å². The van der Waals surface area contributed by atoms with Crippen molar-refractivity contribution in [2.45, 2.75) is 36.6 Å². The van der Waals surface area contributed by atoms with E-state index in [1.54, 1.807) is 19.4 Å². The van der Waals surface area contributed by atoms with E-state index in [1.165, 1.54) is 4.31 Å². The minimum atomic E-state index is -3.47. The molecule has 20 heavy (non-hydrogen) atoms. The second-order valence-electron chi connectivity index (χ2n) is 4.93. The highest BCUT2D eigenvalue weighted by Crippen LogP contribution is 2.38. The maximum absolute atomic E-state index is 12.6. The molecule has 114 valence electrons. The molecule has 1 heterocycles. The Morgan fingerprint density at radius 2 is 2.20 bits per heavy atom. The first-order valence-corrected chi connectivity index (χ1v) is 8.77. The predicted octanol–water partition coefficient (Wildman–Crippen LogP) is 2.22. The molecule has 1 aliphatic carbocycles. The molecule has 0 radical (unpaired) electrons. The van der Waals surface area contributed by atoms with Gasteiger partial charge >= 0.3 is 0 Å². The fourth-order valence-corrected chi connectivity index (χ4v) is 3.93. The summed E-state index contributed by atoms with van der Waals surface area (Å²) in [6.07, 6.45) is 3.92. The first kappa shape index (κ1) is 15.8. The number of hydrogen-bond donors (Lipinski definition) is 0. The molecule has 1 aromatic rings. The van der Waals surface area contributed by atoms with Gasteiger partial charge in [0.1, 0.15) is 4.90 Å². The molecule has 0 amide bonds. The summed E-state index contributed by atoms with van der Waals surface area (Å²) in [5.74, 6) is 0.330. The fraction of sp³-hybridized carbons (Fsp3) is 0.692. The third kappa shape index (κ3) is 3.19. The van der Waals surface area contributed by atoms with Crippen molar-refractivity contribution in [3.63, 3.8) is 0 Å². The molecule has 0 atom stereocenters. The van der Waals surface area contributed by atoms with Crippen LogP contribution in [0.3, 0.4) is 0 Å². The van der Waals surface area contributed by atoms with Crippen molar-refractivity contribution in [2.75, 3.05) is 26.8 Å². The number of alkyl halides is 1. The Morgan fingerprint density at radius 1 is 1.50 bits per heavy atom. The van der Waals surface area contributed by atoms with Crippen molar-refractivity contribution in [3.05, 3.63) is 18.0 Å². The first-order chi connectivity index (χ1) is 9.54. The quantitative estimate of drug-likeness (QED) is 0.690. The second kappa shape index (κ2) is 6.47. The van der Waals surface area contributed by atoms with Crippen LogP contribution in [0.15, 0.2) is 17.2 Å². The summed E-state index contributed by atoms with van der Waals surface area (Å²) in [5.41, 5.74) is 0.871. The lowest BCUT2D eigenvalue weighted by Gasteiger charge is -2.19.